The van der Waals surface area contributed by atoms with E-state index < -0.39 is 0 Å². The van der Waals surface area contributed by atoms with Gasteiger partial charge in [0.2, 0.25) is 5.91 Å². The molecule has 1 aliphatic rings. The van der Waals surface area contributed by atoms with E-state index in [1.807, 2.05) is 48.5 Å². The Morgan fingerprint density at radius 1 is 1.19 bits per heavy atom. The molecule has 0 radical (unpaired) electrons. The Kier molecular flexibility index (Phi) is 5.11. The predicted octanol–water partition coefficient (Wildman–Crippen LogP) is 3.88. The van der Waals surface area contributed by atoms with Gasteiger partial charge in [-0.3, -0.25) is 9.36 Å². The van der Waals surface area contributed by atoms with Crippen LogP contribution in [0.5, 0.6) is 5.75 Å². The maximum Gasteiger partial charge on any atom is 0.234 e. The molecule has 3 aromatic rings. The molecule has 1 amide bonds. The first-order chi connectivity index (χ1) is 13.2. The second-order valence-electron chi connectivity index (χ2n) is 6.35. The van der Waals surface area contributed by atoms with Crippen LogP contribution in [0.25, 0.3) is 5.69 Å². The number of hydrogen-bond donors (Lipinski definition) is 1. The number of methoxy groups -OCH3 is 1. The summed E-state index contributed by atoms with van der Waals surface area (Å²) in [5, 5.41) is 12.3. The lowest BCUT2D eigenvalue weighted by atomic mass is 10.3. The predicted molar refractivity (Wildman–Crippen MR) is 106 cm³/mol. The smallest absolute Gasteiger partial charge is 0.234 e. The van der Waals surface area contributed by atoms with Crippen molar-refractivity contribution in [3.05, 3.63) is 60.4 Å². The third kappa shape index (κ3) is 4.14. The lowest BCUT2D eigenvalue weighted by molar-refractivity contribution is -0.113. The van der Waals surface area contributed by atoms with Crippen LogP contribution in [0, 0.1) is 0 Å². The van der Waals surface area contributed by atoms with Gasteiger partial charge in [0, 0.05) is 23.4 Å². The van der Waals surface area contributed by atoms with Gasteiger partial charge in [-0.05, 0) is 37.1 Å². The van der Waals surface area contributed by atoms with Crippen LogP contribution in [0.15, 0.2) is 59.8 Å². The molecule has 0 saturated heterocycles. The zero-order valence-electron chi connectivity index (χ0n) is 15.0. The van der Waals surface area contributed by atoms with Crippen LogP contribution in [-0.2, 0) is 4.79 Å². The summed E-state index contributed by atoms with van der Waals surface area (Å²) in [6.45, 7) is 0. The van der Waals surface area contributed by atoms with Crippen LogP contribution < -0.4 is 10.1 Å². The SMILES string of the molecule is COc1cccc(NC(=O)CSc2nnc(C3CC3)n2-c2ccccc2)c1. The average molecular weight is 380 g/mol. The van der Waals surface area contributed by atoms with Crippen LogP contribution in [-0.4, -0.2) is 33.5 Å². The fraction of sp³-hybridized carbons (Fsp3) is 0.250. The summed E-state index contributed by atoms with van der Waals surface area (Å²) in [6.07, 6.45) is 2.29. The first-order valence-corrected chi connectivity index (χ1v) is 9.80. The molecule has 0 aliphatic heterocycles. The Morgan fingerprint density at radius 3 is 2.74 bits per heavy atom. The highest BCUT2D eigenvalue weighted by atomic mass is 32.2. The van der Waals surface area contributed by atoms with Crippen LogP contribution >= 0.6 is 11.8 Å². The minimum Gasteiger partial charge on any atom is -0.497 e. The standard InChI is InChI=1S/C20H20N4O2S/c1-26-17-9-5-6-15(12-17)21-18(25)13-27-20-23-22-19(14-10-11-14)24(20)16-7-3-2-4-8-16/h2-9,12,14H,10-11,13H2,1H3,(H,21,25). The van der Waals surface area contributed by atoms with Gasteiger partial charge in [0.1, 0.15) is 11.6 Å². The molecule has 2 aromatic carbocycles. The molecule has 1 heterocycles. The number of nitrogens with zero attached hydrogens (tertiary/aromatic N) is 3. The van der Waals surface area contributed by atoms with Gasteiger partial charge in [0.15, 0.2) is 5.16 Å². The van der Waals surface area contributed by atoms with Crippen molar-refractivity contribution in [2.45, 2.75) is 23.9 Å². The van der Waals surface area contributed by atoms with Crippen molar-refractivity contribution in [1.29, 1.82) is 0 Å². The van der Waals surface area contributed by atoms with Crippen molar-refractivity contribution in [3.63, 3.8) is 0 Å². The zero-order valence-corrected chi connectivity index (χ0v) is 15.8. The molecular weight excluding hydrogens is 360 g/mol. The van der Waals surface area contributed by atoms with Gasteiger partial charge in [-0.1, -0.05) is 36.0 Å². The monoisotopic (exact) mass is 380 g/mol. The third-order valence-electron chi connectivity index (χ3n) is 4.30. The van der Waals surface area contributed by atoms with Gasteiger partial charge in [0.25, 0.3) is 0 Å². The molecule has 0 bridgehead atoms. The van der Waals surface area contributed by atoms with Crippen LogP contribution in [0.1, 0.15) is 24.6 Å². The van der Waals surface area contributed by atoms with E-state index in [1.165, 1.54) is 11.8 Å². The largest absolute Gasteiger partial charge is 0.497 e. The van der Waals surface area contributed by atoms with Crippen molar-refractivity contribution in [2.75, 3.05) is 18.2 Å². The number of anilines is 1. The summed E-state index contributed by atoms with van der Waals surface area (Å²) in [7, 11) is 1.60. The van der Waals surface area contributed by atoms with Gasteiger partial charge in [0.05, 0.1) is 12.9 Å². The normalized spacial score (nSPS) is 13.4. The number of aromatic nitrogens is 3. The molecule has 0 atom stereocenters. The van der Waals surface area contributed by atoms with Crippen molar-refractivity contribution in [3.8, 4) is 11.4 Å². The zero-order chi connectivity index (χ0) is 18.6. The minimum absolute atomic E-state index is 0.0937. The first-order valence-electron chi connectivity index (χ1n) is 8.82. The lowest BCUT2D eigenvalue weighted by Gasteiger charge is -2.10. The number of nitrogens with one attached hydrogen (secondary N) is 1. The highest BCUT2D eigenvalue weighted by Gasteiger charge is 2.31. The summed E-state index contributed by atoms with van der Waals surface area (Å²) in [5.74, 6) is 2.32. The number of ether oxygens (including phenoxy) is 1. The Bertz CT molecular complexity index is 938. The van der Waals surface area contributed by atoms with Crippen LogP contribution in [0.3, 0.4) is 0 Å². The van der Waals surface area contributed by atoms with E-state index >= 15 is 0 Å². The number of hydrogen-bond acceptors (Lipinski definition) is 5. The van der Waals surface area contributed by atoms with Gasteiger partial charge in [-0.2, -0.15) is 0 Å². The van der Waals surface area contributed by atoms with E-state index in [9.17, 15) is 4.79 Å². The third-order valence-corrected chi connectivity index (χ3v) is 5.23. The maximum atomic E-state index is 12.4. The second-order valence-corrected chi connectivity index (χ2v) is 7.30. The molecule has 138 valence electrons. The highest BCUT2D eigenvalue weighted by Crippen LogP contribution is 2.41. The van der Waals surface area contributed by atoms with Gasteiger partial charge in [-0.25, -0.2) is 0 Å². The molecule has 1 aliphatic carbocycles. The second kappa shape index (κ2) is 7.84. The molecule has 1 fully saturated rings. The number of amides is 1. The Hall–Kier alpha value is -2.80. The van der Waals surface area contributed by atoms with Crippen molar-refractivity contribution < 1.29 is 9.53 Å². The fourth-order valence-corrected chi connectivity index (χ4v) is 3.59. The molecule has 7 heteroatoms. The number of benzene rings is 2. The van der Waals surface area contributed by atoms with E-state index in [0.717, 1.165) is 29.5 Å². The quantitative estimate of drug-likeness (QED) is 0.630. The number of carbonyl (C=O) groups excluding carboxylic acids is 1. The summed E-state index contributed by atoms with van der Waals surface area (Å²) >= 11 is 1.39. The molecule has 1 aromatic heterocycles. The molecule has 4 rings (SSSR count). The molecule has 1 saturated carbocycles. The van der Waals surface area contributed by atoms with E-state index in [4.69, 9.17) is 4.74 Å². The molecule has 0 unspecified atom stereocenters. The first kappa shape index (κ1) is 17.6. The fourth-order valence-electron chi connectivity index (χ4n) is 2.83. The average Bonchev–Trinajstić information content (AvgIpc) is 3.46. The van der Waals surface area contributed by atoms with E-state index in [-0.39, 0.29) is 11.7 Å². The highest BCUT2D eigenvalue weighted by molar-refractivity contribution is 7.99. The summed E-state index contributed by atoms with van der Waals surface area (Å²) in [5.41, 5.74) is 1.74. The van der Waals surface area contributed by atoms with Crippen LogP contribution in [0.2, 0.25) is 0 Å². The summed E-state index contributed by atoms with van der Waals surface area (Å²) in [6, 6.07) is 17.4. The Morgan fingerprint density at radius 2 is 2.00 bits per heavy atom. The number of thioether (sulfide) groups is 1. The molecule has 6 nitrogen and oxygen atoms in total. The molecular formula is C20H20N4O2S. The van der Waals surface area contributed by atoms with E-state index in [1.54, 1.807) is 13.2 Å². The summed E-state index contributed by atoms with van der Waals surface area (Å²) in [4.78, 5) is 12.4. The minimum atomic E-state index is -0.0937. The number of rotatable bonds is 7. The topological polar surface area (TPSA) is 69.0 Å². The van der Waals surface area contributed by atoms with Crippen molar-refractivity contribution in [2.24, 2.45) is 0 Å². The summed E-state index contributed by atoms with van der Waals surface area (Å²) < 4.78 is 7.25. The Balaban J connectivity index is 1.47. The Labute approximate surface area is 162 Å². The molecule has 27 heavy (non-hydrogen) atoms. The van der Waals surface area contributed by atoms with Crippen LogP contribution in [0.4, 0.5) is 5.69 Å². The van der Waals surface area contributed by atoms with E-state index in [0.29, 0.717) is 17.4 Å². The number of carbonyl (C=O) groups is 1. The maximum absolute atomic E-state index is 12.4. The van der Waals surface area contributed by atoms with E-state index in [2.05, 4.69) is 20.1 Å². The molecule has 1 N–H and O–H groups in total. The van der Waals surface area contributed by atoms with Crippen molar-refractivity contribution >= 4 is 23.4 Å². The molecule has 0 spiro atoms. The van der Waals surface area contributed by atoms with Gasteiger partial charge in [-0.15, -0.1) is 10.2 Å². The van der Waals surface area contributed by atoms with Gasteiger partial charge >= 0.3 is 0 Å². The van der Waals surface area contributed by atoms with Crippen molar-refractivity contribution in [1.82, 2.24) is 14.8 Å². The lowest BCUT2D eigenvalue weighted by Crippen LogP contribution is -2.14. The van der Waals surface area contributed by atoms with Gasteiger partial charge < -0.3 is 10.1 Å². The number of para-hydroxylation sites is 1.